The Kier molecular flexibility index (Phi) is 3.29. The maximum atomic E-state index is 12.8. The molecule has 0 saturated heterocycles. The van der Waals surface area contributed by atoms with Gasteiger partial charge in [-0.15, -0.1) is 0 Å². The van der Waals surface area contributed by atoms with Crippen LogP contribution in [0.3, 0.4) is 0 Å². The molecule has 0 aliphatic rings. The molecule has 14 heavy (non-hydrogen) atoms. The van der Waals surface area contributed by atoms with Crippen LogP contribution in [-0.2, 0) is 0 Å². The number of carbonyl (C=O) groups is 1. The van der Waals surface area contributed by atoms with Crippen molar-refractivity contribution in [2.24, 2.45) is 0 Å². The maximum absolute atomic E-state index is 12.8. The van der Waals surface area contributed by atoms with E-state index in [-0.39, 0.29) is 3.70 Å². The highest BCUT2D eigenvalue weighted by atomic mass is 127. The van der Waals surface area contributed by atoms with Crippen molar-refractivity contribution >= 4 is 28.6 Å². The Bertz CT molecular complexity index is 383. The van der Waals surface area contributed by atoms with Crippen molar-refractivity contribution in [3.63, 3.8) is 0 Å². The van der Waals surface area contributed by atoms with E-state index in [1.807, 2.05) is 0 Å². The molecule has 0 saturated carbocycles. The highest BCUT2D eigenvalue weighted by Gasteiger charge is 2.20. The number of halogens is 4. The van der Waals surface area contributed by atoms with Gasteiger partial charge in [-0.25, -0.2) is 22.9 Å². The van der Waals surface area contributed by atoms with Crippen molar-refractivity contribution in [2.45, 2.75) is 6.43 Å². The van der Waals surface area contributed by atoms with Crippen molar-refractivity contribution in [3.05, 3.63) is 26.8 Å². The third-order valence-electron chi connectivity index (χ3n) is 1.39. The fourth-order valence-electron chi connectivity index (χ4n) is 0.783. The van der Waals surface area contributed by atoms with E-state index in [0.29, 0.717) is 6.07 Å². The smallest absolute Gasteiger partial charge is 0.338 e. The lowest BCUT2D eigenvalue weighted by Gasteiger charge is -2.03. The molecular weight excluding hydrogens is 314 g/mol. The highest BCUT2D eigenvalue weighted by Crippen LogP contribution is 2.22. The van der Waals surface area contributed by atoms with Gasteiger partial charge in [0.25, 0.3) is 6.43 Å². The van der Waals surface area contributed by atoms with Gasteiger partial charge in [-0.2, -0.15) is 0 Å². The number of carboxylic acid groups (broad SMARTS) is 1. The largest absolute Gasteiger partial charge is 0.478 e. The average molecular weight is 317 g/mol. The molecular formula is C7H3F3INO2. The van der Waals surface area contributed by atoms with Crippen LogP contribution >= 0.6 is 22.6 Å². The SMILES string of the molecule is O=C(O)c1cc(F)c(C(F)F)nc1I. The fourth-order valence-corrected chi connectivity index (χ4v) is 1.43. The lowest BCUT2D eigenvalue weighted by Crippen LogP contribution is -2.07. The summed E-state index contributed by atoms with van der Waals surface area (Å²) in [4.78, 5) is 13.6. The summed E-state index contributed by atoms with van der Waals surface area (Å²) in [5.74, 6) is -2.71. The van der Waals surface area contributed by atoms with E-state index in [1.54, 1.807) is 0 Å². The Balaban J connectivity index is 3.31. The zero-order valence-electron chi connectivity index (χ0n) is 6.47. The first-order valence-corrected chi connectivity index (χ1v) is 4.38. The van der Waals surface area contributed by atoms with Gasteiger partial charge in [0.2, 0.25) is 0 Å². The molecule has 0 fully saturated rings. The van der Waals surface area contributed by atoms with Crippen LogP contribution in [-0.4, -0.2) is 16.1 Å². The quantitative estimate of drug-likeness (QED) is 0.673. The Morgan fingerprint density at radius 3 is 2.57 bits per heavy atom. The molecule has 0 spiro atoms. The summed E-state index contributed by atoms with van der Waals surface area (Å²) in [6, 6.07) is 0.540. The molecule has 0 radical (unpaired) electrons. The molecule has 3 nitrogen and oxygen atoms in total. The molecule has 0 bridgehead atoms. The first-order valence-electron chi connectivity index (χ1n) is 3.31. The molecule has 1 aromatic heterocycles. The van der Waals surface area contributed by atoms with Gasteiger partial charge in [0.1, 0.15) is 9.39 Å². The summed E-state index contributed by atoms with van der Waals surface area (Å²) in [6.45, 7) is 0. The number of hydrogen-bond acceptors (Lipinski definition) is 2. The van der Waals surface area contributed by atoms with E-state index in [0.717, 1.165) is 0 Å². The van der Waals surface area contributed by atoms with Gasteiger partial charge < -0.3 is 5.11 Å². The van der Waals surface area contributed by atoms with Crippen molar-refractivity contribution in [1.82, 2.24) is 4.98 Å². The molecule has 76 valence electrons. The summed E-state index contributed by atoms with van der Waals surface area (Å²) in [5.41, 5.74) is -1.45. The lowest BCUT2D eigenvalue weighted by atomic mass is 10.2. The molecule has 0 amide bonds. The number of hydrogen-bond donors (Lipinski definition) is 1. The van der Waals surface area contributed by atoms with Crippen LogP contribution < -0.4 is 0 Å². The number of alkyl halides is 2. The van der Waals surface area contributed by atoms with Crippen molar-refractivity contribution in [2.75, 3.05) is 0 Å². The average Bonchev–Trinajstić information content (AvgIpc) is 2.07. The Morgan fingerprint density at radius 1 is 1.57 bits per heavy atom. The molecule has 0 unspecified atom stereocenters. The van der Waals surface area contributed by atoms with Crippen LogP contribution in [0.1, 0.15) is 22.5 Å². The zero-order chi connectivity index (χ0) is 10.9. The van der Waals surface area contributed by atoms with Gasteiger partial charge in [-0.3, -0.25) is 0 Å². The van der Waals surface area contributed by atoms with Crippen molar-refractivity contribution in [1.29, 1.82) is 0 Å². The molecule has 1 rings (SSSR count). The molecule has 0 atom stereocenters. The van der Waals surface area contributed by atoms with Gasteiger partial charge in [0.15, 0.2) is 5.82 Å². The van der Waals surface area contributed by atoms with Crippen molar-refractivity contribution in [3.8, 4) is 0 Å². The Morgan fingerprint density at radius 2 is 2.14 bits per heavy atom. The highest BCUT2D eigenvalue weighted by molar-refractivity contribution is 14.1. The van der Waals surface area contributed by atoms with Gasteiger partial charge in [0.05, 0.1) is 5.56 Å². The van der Waals surface area contributed by atoms with Crippen LogP contribution in [0.4, 0.5) is 13.2 Å². The number of carboxylic acids is 1. The minimum absolute atomic E-state index is 0.160. The number of rotatable bonds is 2. The third kappa shape index (κ3) is 2.14. The maximum Gasteiger partial charge on any atom is 0.338 e. The second-order valence-electron chi connectivity index (χ2n) is 2.30. The van der Waals surface area contributed by atoms with E-state index in [2.05, 4.69) is 4.98 Å². The van der Waals surface area contributed by atoms with E-state index in [4.69, 9.17) is 5.11 Å². The second kappa shape index (κ2) is 4.11. The van der Waals surface area contributed by atoms with Crippen LogP contribution in [0, 0.1) is 9.52 Å². The summed E-state index contributed by atoms with van der Waals surface area (Å²) in [6.07, 6.45) is -3.05. The van der Waals surface area contributed by atoms with Gasteiger partial charge in [-0.1, -0.05) is 0 Å². The van der Waals surface area contributed by atoms with Gasteiger partial charge >= 0.3 is 5.97 Å². The minimum Gasteiger partial charge on any atom is -0.478 e. The molecule has 1 heterocycles. The Hall–Kier alpha value is -0.860. The summed E-state index contributed by atoms with van der Waals surface area (Å²) < 4.78 is 36.8. The predicted octanol–water partition coefficient (Wildman–Crippen LogP) is 2.46. The molecule has 1 N–H and O–H groups in total. The monoisotopic (exact) mass is 317 g/mol. The molecule has 0 aromatic carbocycles. The van der Waals surface area contributed by atoms with Crippen LogP contribution in [0.25, 0.3) is 0 Å². The fraction of sp³-hybridized carbons (Fsp3) is 0.143. The summed E-state index contributed by atoms with van der Waals surface area (Å²) >= 11 is 1.46. The first kappa shape index (κ1) is 11.2. The lowest BCUT2D eigenvalue weighted by molar-refractivity contribution is 0.0693. The molecule has 1 aromatic rings. The minimum atomic E-state index is -3.05. The van der Waals surface area contributed by atoms with E-state index in [1.165, 1.54) is 22.6 Å². The molecule has 0 aliphatic heterocycles. The van der Waals surface area contributed by atoms with Gasteiger partial charge in [-0.05, 0) is 28.7 Å². The predicted molar refractivity (Wildman–Crippen MR) is 48.8 cm³/mol. The van der Waals surface area contributed by atoms with E-state index in [9.17, 15) is 18.0 Å². The van der Waals surface area contributed by atoms with E-state index >= 15 is 0 Å². The number of aromatic carboxylic acids is 1. The van der Waals surface area contributed by atoms with Crippen LogP contribution in [0.5, 0.6) is 0 Å². The molecule has 7 heteroatoms. The Labute approximate surface area is 90.1 Å². The second-order valence-corrected chi connectivity index (χ2v) is 3.32. The number of nitrogens with zero attached hydrogens (tertiary/aromatic N) is 1. The van der Waals surface area contributed by atoms with Crippen LogP contribution in [0.15, 0.2) is 6.07 Å². The third-order valence-corrected chi connectivity index (χ3v) is 2.22. The van der Waals surface area contributed by atoms with Gasteiger partial charge in [0, 0.05) is 0 Å². The first-order chi connectivity index (χ1) is 6.43. The normalized spacial score (nSPS) is 10.6. The standard InChI is InChI=1S/C7H3F3INO2/c8-3-1-2(7(13)14)6(11)12-4(3)5(9)10/h1,5H,(H,13,14). The summed E-state index contributed by atoms with van der Waals surface area (Å²) in [5, 5.41) is 8.52. The molecule has 0 aliphatic carbocycles. The zero-order valence-corrected chi connectivity index (χ0v) is 8.63. The van der Waals surface area contributed by atoms with E-state index < -0.39 is 29.5 Å². The van der Waals surface area contributed by atoms with Crippen molar-refractivity contribution < 1.29 is 23.1 Å². The number of pyridine rings is 1. The van der Waals surface area contributed by atoms with Crippen LogP contribution in [0.2, 0.25) is 0 Å². The number of aromatic nitrogens is 1. The topological polar surface area (TPSA) is 50.2 Å². The summed E-state index contributed by atoms with van der Waals surface area (Å²) in [7, 11) is 0.